The zero-order valence-corrected chi connectivity index (χ0v) is 28.3. The number of para-hydroxylation sites is 5. The maximum atomic E-state index is 10.6. The summed E-state index contributed by atoms with van der Waals surface area (Å²) >= 11 is 0. The predicted octanol–water partition coefficient (Wildman–Crippen LogP) is 12.0. The second kappa shape index (κ2) is 11.6. The van der Waals surface area contributed by atoms with Gasteiger partial charge in [-0.25, -0.2) is 0 Å². The van der Waals surface area contributed by atoms with Crippen molar-refractivity contribution in [2.75, 3.05) is 4.90 Å². The lowest BCUT2D eigenvalue weighted by Crippen LogP contribution is -2.30. The molecule has 4 heteroatoms. The summed E-state index contributed by atoms with van der Waals surface area (Å²) in [5.41, 5.74) is 13.1. The van der Waals surface area contributed by atoms with E-state index in [0.717, 1.165) is 66.8 Å². The fraction of sp³-hybridized carbons (Fsp3) is 0.0638. The maximum absolute atomic E-state index is 10.6. The molecule has 8 aromatic rings. The SMILES string of the molecule is CC1(C)c2ccccc2N(c2ccccc2)c2ccc(-c3c(C#N)cccc3-c3cccc(C#N)c3-n3c4ccccc4c4ccccc43)cc21. The quantitative estimate of drug-likeness (QED) is 0.190. The molecule has 0 N–H and O–H groups in total. The van der Waals surface area contributed by atoms with Crippen molar-refractivity contribution in [1.29, 1.82) is 10.5 Å². The lowest BCUT2D eigenvalue weighted by atomic mass is 9.72. The minimum absolute atomic E-state index is 0.316. The summed E-state index contributed by atoms with van der Waals surface area (Å²) in [5.74, 6) is 0. The Morgan fingerprint density at radius 3 is 1.80 bits per heavy atom. The summed E-state index contributed by atoms with van der Waals surface area (Å²) in [4.78, 5) is 2.34. The molecule has 0 fully saturated rings. The van der Waals surface area contributed by atoms with Crippen LogP contribution >= 0.6 is 0 Å². The van der Waals surface area contributed by atoms with Crippen molar-refractivity contribution in [3.63, 3.8) is 0 Å². The van der Waals surface area contributed by atoms with Gasteiger partial charge in [0.15, 0.2) is 0 Å². The van der Waals surface area contributed by atoms with Crippen molar-refractivity contribution in [2.24, 2.45) is 0 Å². The van der Waals surface area contributed by atoms with Crippen LogP contribution in [-0.4, -0.2) is 4.57 Å². The number of aromatic nitrogens is 1. The Kier molecular flexibility index (Phi) is 6.88. The van der Waals surface area contributed by atoms with Gasteiger partial charge in [-0.3, -0.25) is 0 Å². The highest BCUT2D eigenvalue weighted by molar-refractivity contribution is 6.10. The van der Waals surface area contributed by atoms with Crippen LogP contribution in [0, 0.1) is 22.7 Å². The molecular weight excluding hydrogens is 621 g/mol. The summed E-state index contributed by atoms with van der Waals surface area (Å²) in [6, 6.07) is 59.3. The molecule has 9 rings (SSSR count). The summed E-state index contributed by atoms with van der Waals surface area (Å²) in [6.07, 6.45) is 0. The van der Waals surface area contributed by atoms with Crippen LogP contribution in [-0.2, 0) is 5.41 Å². The Labute approximate surface area is 297 Å². The summed E-state index contributed by atoms with van der Waals surface area (Å²) < 4.78 is 2.21. The Morgan fingerprint density at radius 2 is 1.10 bits per heavy atom. The lowest BCUT2D eigenvalue weighted by molar-refractivity contribution is 0.632. The van der Waals surface area contributed by atoms with Gasteiger partial charge < -0.3 is 9.47 Å². The largest absolute Gasteiger partial charge is 0.310 e. The van der Waals surface area contributed by atoms with E-state index in [2.05, 4.69) is 151 Å². The predicted molar refractivity (Wildman–Crippen MR) is 208 cm³/mol. The van der Waals surface area contributed by atoms with Crippen LogP contribution in [0.2, 0.25) is 0 Å². The summed E-state index contributed by atoms with van der Waals surface area (Å²) in [7, 11) is 0. The molecule has 0 aliphatic carbocycles. The van der Waals surface area contributed by atoms with Crippen molar-refractivity contribution in [2.45, 2.75) is 19.3 Å². The van der Waals surface area contributed by atoms with E-state index in [-0.39, 0.29) is 5.41 Å². The van der Waals surface area contributed by atoms with Gasteiger partial charge in [0.1, 0.15) is 6.07 Å². The molecule has 2 heterocycles. The molecule has 0 saturated carbocycles. The standard InChI is InChI=1S/C47H32N4/c1-47(2)39-22-8-11-25-43(39)50(34-16-4-3-5-17-34)44-27-26-31(28-40(44)47)45-32(29-48)14-12-20-37(45)38-21-13-15-33(30-49)46(38)51-41-23-9-6-18-35(41)36-19-7-10-24-42(36)51/h3-28H,1-2H3. The van der Waals surface area contributed by atoms with Gasteiger partial charge in [-0.1, -0.05) is 117 Å². The van der Waals surface area contributed by atoms with Gasteiger partial charge in [0.25, 0.3) is 0 Å². The zero-order valence-electron chi connectivity index (χ0n) is 28.3. The number of hydrogen-bond donors (Lipinski definition) is 0. The molecule has 0 amide bonds. The van der Waals surface area contributed by atoms with Crippen molar-refractivity contribution in [3.05, 3.63) is 180 Å². The fourth-order valence-electron chi connectivity index (χ4n) is 8.15. The van der Waals surface area contributed by atoms with Crippen LogP contribution in [0.15, 0.2) is 158 Å². The molecular formula is C47H32N4. The van der Waals surface area contributed by atoms with E-state index in [9.17, 15) is 10.5 Å². The third kappa shape index (κ3) is 4.51. The number of fused-ring (bicyclic) bond motifs is 5. The van der Waals surface area contributed by atoms with Gasteiger partial charge >= 0.3 is 0 Å². The molecule has 0 atom stereocenters. The fourth-order valence-corrected chi connectivity index (χ4v) is 8.15. The smallest absolute Gasteiger partial charge is 0.101 e. The van der Waals surface area contributed by atoms with Gasteiger partial charge in [0, 0.05) is 33.0 Å². The first kappa shape index (κ1) is 30.2. The van der Waals surface area contributed by atoms with E-state index in [1.165, 1.54) is 11.1 Å². The van der Waals surface area contributed by atoms with Gasteiger partial charge in [0.05, 0.1) is 45.3 Å². The van der Waals surface area contributed by atoms with Gasteiger partial charge in [-0.05, 0) is 76.9 Å². The van der Waals surface area contributed by atoms with Crippen LogP contribution in [0.1, 0.15) is 36.1 Å². The average Bonchev–Trinajstić information content (AvgIpc) is 3.52. The van der Waals surface area contributed by atoms with E-state index in [0.29, 0.717) is 11.1 Å². The number of rotatable bonds is 4. The monoisotopic (exact) mass is 652 g/mol. The lowest BCUT2D eigenvalue weighted by Gasteiger charge is -2.42. The Bertz CT molecular complexity index is 2700. The third-order valence-electron chi connectivity index (χ3n) is 10.5. The topological polar surface area (TPSA) is 55.8 Å². The Morgan fingerprint density at radius 1 is 0.510 bits per heavy atom. The minimum atomic E-state index is -0.316. The molecule has 7 aromatic carbocycles. The van der Waals surface area contributed by atoms with E-state index in [1.807, 2.05) is 42.5 Å². The van der Waals surface area contributed by atoms with Crippen LogP contribution in [0.3, 0.4) is 0 Å². The zero-order chi connectivity index (χ0) is 34.7. The molecule has 0 spiro atoms. The normalized spacial score (nSPS) is 13.0. The van der Waals surface area contributed by atoms with Crippen LogP contribution in [0.25, 0.3) is 49.7 Å². The summed E-state index contributed by atoms with van der Waals surface area (Å²) in [6.45, 7) is 4.56. The molecule has 1 aliphatic heterocycles. The molecule has 0 radical (unpaired) electrons. The highest BCUT2D eigenvalue weighted by Gasteiger charge is 2.37. The second-order valence-corrected chi connectivity index (χ2v) is 13.6. The number of nitrogens with zero attached hydrogens (tertiary/aromatic N) is 4. The molecule has 1 aromatic heterocycles. The molecule has 240 valence electrons. The van der Waals surface area contributed by atoms with Crippen LogP contribution in [0.5, 0.6) is 0 Å². The molecule has 4 nitrogen and oxygen atoms in total. The number of benzene rings is 7. The highest BCUT2D eigenvalue weighted by Crippen LogP contribution is 2.53. The second-order valence-electron chi connectivity index (χ2n) is 13.6. The summed E-state index contributed by atoms with van der Waals surface area (Å²) in [5, 5.41) is 23.5. The number of hydrogen-bond acceptors (Lipinski definition) is 3. The molecule has 0 bridgehead atoms. The van der Waals surface area contributed by atoms with E-state index >= 15 is 0 Å². The van der Waals surface area contributed by atoms with E-state index in [4.69, 9.17) is 0 Å². The van der Waals surface area contributed by atoms with Gasteiger partial charge in [0.2, 0.25) is 0 Å². The maximum Gasteiger partial charge on any atom is 0.101 e. The third-order valence-corrected chi connectivity index (χ3v) is 10.5. The number of nitriles is 2. The van der Waals surface area contributed by atoms with Crippen molar-refractivity contribution >= 4 is 38.9 Å². The van der Waals surface area contributed by atoms with Crippen molar-refractivity contribution < 1.29 is 0 Å². The van der Waals surface area contributed by atoms with E-state index in [1.54, 1.807) is 0 Å². The Hall–Kier alpha value is -6.88. The minimum Gasteiger partial charge on any atom is -0.310 e. The Balaban J connectivity index is 1.32. The molecule has 0 saturated heterocycles. The van der Waals surface area contributed by atoms with E-state index < -0.39 is 0 Å². The first-order valence-corrected chi connectivity index (χ1v) is 17.2. The average molecular weight is 653 g/mol. The van der Waals surface area contributed by atoms with Gasteiger partial charge in [-0.15, -0.1) is 0 Å². The molecule has 0 unspecified atom stereocenters. The van der Waals surface area contributed by atoms with Gasteiger partial charge in [-0.2, -0.15) is 10.5 Å². The van der Waals surface area contributed by atoms with Crippen LogP contribution in [0.4, 0.5) is 17.1 Å². The molecule has 1 aliphatic rings. The number of anilines is 3. The molecule has 51 heavy (non-hydrogen) atoms. The van der Waals surface area contributed by atoms with Crippen LogP contribution < -0.4 is 4.90 Å². The first-order valence-electron chi connectivity index (χ1n) is 17.2. The van der Waals surface area contributed by atoms with Crippen molar-refractivity contribution in [3.8, 4) is 40.1 Å². The highest BCUT2D eigenvalue weighted by atomic mass is 15.2. The first-order chi connectivity index (χ1) is 25.0. The van der Waals surface area contributed by atoms with Crippen molar-refractivity contribution in [1.82, 2.24) is 4.57 Å².